The highest BCUT2D eigenvalue weighted by molar-refractivity contribution is 6.35. The van der Waals surface area contributed by atoms with E-state index in [9.17, 15) is 4.79 Å². The lowest BCUT2D eigenvalue weighted by molar-refractivity contribution is -0.130. The smallest absolute Gasteiger partial charge is 0.219 e. The fourth-order valence-electron chi connectivity index (χ4n) is 3.07. The van der Waals surface area contributed by atoms with Crippen molar-refractivity contribution in [3.05, 3.63) is 46.2 Å². The number of hydrogen-bond acceptors (Lipinski definition) is 3. The van der Waals surface area contributed by atoms with Crippen LogP contribution in [0.1, 0.15) is 19.0 Å². The maximum absolute atomic E-state index is 11.3. The van der Waals surface area contributed by atoms with Crippen LogP contribution in [-0.4, -0.2) is 58.2 Å². The van der Waals surface area contributed by atoms with E-state index in [0.29, 0.717) is 10.0 Å². The third kappa shape index (κ3) is 4.75. The van der Waals surface area contributed by atoms with Gasteiger partial charge in [-0.25, -0.2) is 4.68 Å². The minimum atomic E-state index is 0.172. The highest BCUT2D eigenvalue weighted by Crippen LogP contribution is 2.24. The maximum Gasteiger partial charge on any atom is 0.219 e. The van der Waals surface area contributed by atoms with Crippen LogP contribution in [0.15, 0.2) is 30.5 Å². The average Bonchev–Trinajstić information content (AvgIpc) is 3.04. The van der Waals surface area contributed by atoms with Crippen LogP contribution in [0.2, 0.25) is 10.0 Å². The number of aryl methyl sites for hydroxylation is 1. The van der Waals surface area contributed by atoms with Crippen molar-refractivity contribution in [1.29, 1.82) is 0 Å². The van der Waals surface area contributed by atoms with Gasteiger partial charge in [0.1, 0.15) is 0 Å². The van der Waals surface area contributed by atoms with Crippen molar-refractivity contribution in [1.82, 2.24) is 19.6 Å². The van der Waals surface area contributed by atoms with Gasteiger partial charge in [0.2, 0.25) is 5.91 Å². The first-order valence-corrected chi connectivity index (χ1v) is 9.26. The number of piperazine rings is 1. The first-order chi connectivity index (χ1) is 12.0. The van der Waals surface area contributed by atoms with Crippen LogP contribution in [0.25, 0.3) is 5.69 Å². The van der Waals surface area contributed by atoms with Crippen molar-refractivity contribution >= 4 is 29.1 Å². The Hall–Kier alpha value is -1.56. The molecule has 0 bridgehead atoms. The van der Waals surface area contributed by atoms with E-state index in [1.54, 1.807) is 17.7 Å². The van der Waals surface area contributed by atoms with Gasteiger partial charge in [0.05, 0.1) is 16.4 Å². The van der Waals surface area contributed by atoms with Crippen LogP contribution in [0.3, 0.4) is 0 Å². The number of rotatable bonds is 5. The molecule has 3 rings (SSSR count). The number of carbonyl (C=O) groups is 1. The molecule has 1 saturated heterocycles. The fraction of sp³-hybridized carbons (Fsp3) is 0.444. The number of amides is 1. The standard InChI is InChI=1S/C18H22Cl2N4O/c1-14(25)23-11-9-22(10-12-23)7-2-3-16-6-8-24(21-16)18-5-4-15(19)13-17(18)20/h4-6,8,13H,2-3,7,9-12H2,1H3. The van der Waals surface area contributed by atoms with Gasteiger partial charge >= 0.3 is 0 Å². The lowest BCUT2D eigenvalue weighted by Gasteiger charge is -2.34. The Morgan fingerprint density at radius 2 is 1.92 bits per heavy atom. The fourth-order valence-corrected chi connectivity index (χ4v) is 3.56. The molecule has 25 heavy (non-hydrogen) atoms. The Morgan fingerprint density at radius 3 is 2.60 bits per heavy atom. The maximum atomic E-state index is 11.3. The summed E-state index contributed by atoms with van der Waals surface area (Å²) in [5.41, 5.74) is 1.88. The quantitative estimate of drug-likeness (QED) is 0.798. The SMILES string of the molecule is CC(=O)N1CCN(CCCc2ccn(-c3ccc(Cl)cc3Cl)n2)CC1. The second-order valence-corrected chi connectivity index (χ2v) is 7.14. The van der Waals surface area contributed by atoms with Gasteiger partial charge in [0.25, 0.3) is 0 Å². The van der Waals surface area contributed by atoms with Crippen molar-refractivity contribution in [2.24, 2.45) is 0 Å². The molecular weight excluding hydrogens is 359 g/mol. The summed E-state index contributed by atoms with van der Waals surface area (Å²) in [7, 11) is 0. The van der Waals surface area contributed by atoms with Gasteiger partial charge < -0.3 is 4.90 Å². The molecule has 1 aromatic heterocycles. The summed E-state index contributed by atoms with van der Waals surface area (Å²) < 4.78 is 1.79. The number of halogens is 2. The highest BCUT2D eigenvalue weighted by Gasteiger charge is 2.18. The van der Waals surface area contributed by atoms with Crippen molar-refractivity contribution < 1.29 is 4.79 Å². The molecule has 0 aliphatic carbocycles. The van der Waals surface area contributed by atoms with Crippen LogP contribution in [0, 0.1) is 0 Å². The minimum absolute atomic E-state index is 0.172. The van der Waals surface area contributed by atoms with E-state index in [0.717, 1.165) is 56.9 Å². The van der Waals surface area contributed by atoms with Gasteiger partial charge in [0, 0.05) is 44.3 Å². The molecule has 0 N–H and O–H groups in total. The topological polar surface area (TPSA) is 41.4 Å². The van der Waals surface area contributed by atoms with Crippen molar-refractivity contribution in [2.45, 2.75) is 19.8 Å². The summed E-state index contributed by atoms with van der Waals surface area (Å²) in [5, 5.41) is 5.81. The molecule has 7 heteroatoms. The van der Waals surface area contributed by atoms with Crippen molar-refractivity contribution in [3.8, 4) is 5.69 Å². The third-order valence-electron chi connectivity index (χ3n) is 4.53. The van der Waals surface area contributed by atoms with Crippen LogP contribution in [0.4, 0.5) is 0 Å². The van der Waals surface area contributed by atoms with E-state index >= 15 is 0 Å². The molecule has 0 saturated carbocycles. The molecule has 1 amide bonds. The van der Waals surface area contributed by atoms with Gasteiger partial charge in [-0.3, -0.25) is 9.69 Å². The van der Waals surface area contributed by atoms with Crippen LogP contribution >= 0.6 is 23.2 Å². The summed E-state index contributed by atoms with van der Waals surface area (Å²) in [6, 6.07) is 7.43. The molecule has 1 aliphatic rings. The van der Waals surface area contributed by atoms with Crippen LogP contribution < -0.4 is 0 Å². The van der Waals surface area contributed by atoms with Gasteiger partial charge in [-0.05, 0) is 43.7 Å². The third-order valence-corrected chi connectivity index (χ3v) is 5.06. The Morgan fingerprint density at radius 1 is 1.16 bits per heavy atom. The lowest BCUT2D eigenvalue weighted by atomic mass is 10.2. The number of nitrogens with zero attached hydrogens (tertiary/aromatic N) is 4. The Bertz CT molecular complexity index is 738. The predicted octanol–water partition coefficient (Wildman–Crippen LogP) is 3.28. The normalized spacial score (nSPS) is 15.6. The van der Waals surface area contributed by atoms with Gasteiger partial charge in [-0.2, -0.15) is 5.10 Å². The molecule has 1 aliphatic heterocycles. The molecule has 5 nitrogen and oxygen atoms in total. The van der Waals surface area contributed by atoms with E-state index in [2.05, 4.69) is 10.00 Å². The summed E-state index contributed by atoms with van der Waals surface area (Å²) >= 11 is 12.2. The Balaban J connectivity index is 1.49. The van der Waals surface area contributed by atoms with Crippen molar-refractivity contribution in [2.75, 3.05) is 32.7 Å². The Labute approximate surface area is 158 Å². The minimum Gasteiger partial charge on any atom is -0.340 e. The molecule has 2 heterocycles. The molecule has 1 fully saturated rings. The first-order valence-electron chi connectivity index (χ1n) is 8.51. The zero-order chi connectivity index (χ0) is 17.8. The molecule has 2 aromatic rings. The summed E-state index contributed by atoms with van der Waals surface area (Å²) in [6.45, 7) is 6.24. The van der Waals surface area contributed by atoms with E-state index in [1.807, 2.05) is 29.3 Å². The van der Waals surface area contributed by atoms with E-state index in [4.69, 9.17) is 23.2 Å². The van der Waals surface area contributed by atoms with Gasteiger partial charge in [-0.1, -0.05) is 23.2 Å². The summed E-state index contributed by atoms with van der Waals surface area (Å²) in [6.07, 6.45) is 3.90. The zero-order valence-electron chi connectivity index (χ0n) is 14.3. The first kappa shape index (κ1) is 18.2. The largest absolute Gasteiger partial charge is 0.340 e. The van der Waals surface area contributed by atoms with E-state index in [1.165, 1.54) is 0 Å². The van der Waals surface area contributed by atoms with Gasteiger partial charge in [-0.15, -0.1) is 0 Å². The second kappa shape index (κ2) is 8.21. The Kier molecular flexibility index (Phi) is 5.99. The monoisotopic (exact) mass is 380 g/mol. The molecule has 0 unspecified atom stereocenters. The van der Waals surface area contributed by atoms with Crippen LogP contribution in [-0.2, 0) is 11.2 Å². The van der Waals surface area contributed by atoms with Gasteiger partial charge in [0.15, 0.2) is 0 Å². The van der Waals surface area contributed by atoms with E-state index < -0.39 is 0 Å². The molecule has 0 spiro atoms. The number of carbonyl (C=O) groups excluding carboxylic acids is 1. The lowest BCUT2D eigenvalue weighted by Crippen LogP contribution is -2.48. The van der Waals surface area contributed by atoms with Crippen LogP contribution in [0.5, 0.6) is 0 Å². The summed E-state index contributed by atoms with van der Waals surface area (Å²) in [4.78, 5) is 15.7. The molecule has 0 radical (unpaired) electrons. The average molecular weight is 381 g/mol. The molecular formula is C18H22Cl2N4O. The molecule has 1 aromatic carbocycles. The number of aromatic nitrogens is 2. The second-order valence-electron chi connectivity index (χ2n) is 6.30. The molecule has 134 valence electrons. The number of benzene rings is 1. The number of hydrogen-bond donors (Lipinski definition) is 0. The van der Waals surface area contributed by atoms with E-state index in [-0.39, 0.29) is 5.91 Å². The summed E-state index contributed by atoms with van der Waals surface area (Å²) in [5.74, 6) is 0.172. The predicted molar refractivity (Wildman–Crippen MR) is 101 cm³/mol. The molecule has 0 atom stereocenters. The highest BCUT2D eigenvalue weighted by atomic mass is 35.5. The zero-order valence-corrected chi connectivity index (χ0v) is 15.8. The van der Waals surface area contributed by atoms with Crippen molar-refractivity contribution in [3.63, 3.8) is 0 Å².